The SMILES string of the molecule is CNc1cc(C2CCOCC2)nc(Nc2ccc(OC)c(OCCCN3CCCC3)c2)n1. The molecule has 2 N–H and O–H groups in total. The highest BCUT2D eigenvalue weighted by Crippen LogP contribution is 2.32. The molecule has 1 aromatic carbocycles. The van der Waals surface area contributed by atoms with E-state index in [-0.39, 0.29) is 0 Å². The number of nitrogens with one attached hydrogen (secondary N) is 2. The quantitative estimate of drug-likeness (QED) is 0.535. The lowest BCUT2D eigenvalue weighted by Gasteiger charge is -2.22. The van der Waals surface area contributed by atoms with Crippen LogP contribution in [0.15, 0.2) is 24.3 Å². The highest BCUT2D eigenvalue weighted by atomic mass is 16.5. The minimum Gasteiger partial charge on any atom is -0.493 e. The van der Waals surface area contributed by atoms with Crippen LogP contribution in [-0.2, 0) is 4.74 Å². The van der Waals surface area contributed by atoms with E-state index in [9.17, 15) is 0 Å². The fraction of sp³-hybridized carbons (Fsp3) is 0.583. The van der Waals surface area contributed by atoms with Crippen LogP contribution < -0.4 is 20.1 Å². The molecule has 0 spiro atoms. The molecule has 0 saturated carbocycles. The van der Waals surface area contributed by atoms with E-state index in [4.69, 9.17) is 19.2 Å². The molecule has 8 nitrogen and oxygen atoms in total. The van der Waals surface area contributed by atoms with Crippen molar-refractivity contribution in [2.75, 3.05) is 64.2 Å². The highest BCUT2D eigenvalue weighted by Gasteiger charge is 2.19. The lowest BCUT2D eigenvalue weighted by Crippen LogP contribution is -2.21. The molecule has 2 aliphatic heterocycles. The number of hydrogen-bond donors (Lipinski definition) is 2. The Morgan fingerprint density at radius 2 is 1.91 bits per heavy atom. The second-order valence-electron chi connectivity index (χ2n) is 8.38. The van der Waals surface area contributed by atoms with Crippen LogP contribution in [0.5, 0.6) is 11.5 Å². The summed E-state index contributed by atoms with van der Waals surface area (Å²) < 4.78 is 17.1. The van der Waals surface area contributed by atoms with Gasteiger partial charge in [0.25, 0.3) is 0 Å². The number of aromatic nitrogens is 2. The van der Waals surface area contributed by atoms with Gasteiger partial charge in [0.2, 0.25) is 5.95 Å². The minimum absolute atomic E-state index is 0.393. The van der Waals surface area contributed by atoms with Gasteiger partial charge in [0, 0.05) is 50.5 Å². The summed E-state index contributed by atoms with van der Waals surface area (Å²) in [6.45, 7) is 5.73. The second-order valence-corrected chi connectivity index (χ2v) is 8.38. The van der Waals surface area contributed by atoms with Gasteiger partial charge >= 0.3 is 0 Å². The van der Waals surface area contributed by atoms with E-state index in [1.54, 1.807) is 7.11 Å². The first kappa shape index (κ1) is 22.6. The van der Waals surface area contributed by atoms with Gasteiger partial charge in [-0.2, -0.15) is 4.98 Å². The maximum absolute atomic E-state index is 6.07. The third-order valence-corrected chi connectivity index (χ3v) is 6.14. The van der Waals surface area contributed by atoms with Gasteiger partial charge in [0.1, 0.15) is 5.82 Å². The van der Waals surface area contributed by atoms with Crippen LogP contribution in [0.3, 0.4) is 0 Å². The summed E-state index contributed by atoms with van der Waals surface area (Å²) in [6, 6.07) is 7.86. The third-order valence-electron chi connectivity index (χ3n) is 6.14. The molecule has 3 heterocycles. The number of hydrogen-bond acceptors (Lipinski definition) is 8. The van der Waals surface area contributed by atoms with Crippen molar-refractivity contribution in [2.45, 2.75) is 38.0 Å². The fourth-order valence-corrected chi connectivity index (χ4v) is 4.33. The van der Waals surface area contributed by atoms with Gasteiger partial charge < -0.3 is 29.7 Å². The smallest absolute Gasteiger partial charge is 0.229 e. The summed E-state index contributed by atoms with van der Waals surface area (Å²) in [4.78, 5) is 11.9. The summed E-state index contributed by atoms with van der Waals surface area (Å²) in [7, 11) is 3.54. The zero-order valence-corrected chi connectivity index (χ0v) is 19.2. The van der Waals surface area contributed by atoms with Crippen LogP contribution in [-0.4, -0.2) is 68.5 Å². The van der Waals surface area contributed by atoms with E-state index >= 15 is 0 Å². The standard InChI is InChI=1S/C24H35N5O3/c1-25-23-17-20(18-8-14-31-15-9-18)27-24(28-23)26-19-6-7-21(30-2)22(16-19)32-13-5-12-29-10-3-4-11-29/h6-7,16-18H,3-5,8-15H2,1-2H3,(H2,25,26,27,28). The van der Waals surface area contributed by atoms with Gasteiger partial charge in [0.15, 0.2) is 11.5 Å². The molecule has 8 heteroatoms. The summed E-state index contributed by atoms with van der Waals surface area (Å²) in [6.07, 6.45) is 5.60. The number of ether oxygens (including phenoxy) is 3. The molecule has 0 amide bonds. The average molecular weight is 442 g/mol. The summed E-state index contributed by atoms with van der Waals surface area (Å²) in [5.41, 5.74) is 1.91. The van der Waals surface area contributed by atoms with Gasteiger partial charge in [-0.3, -0.25) is 0 Å². The molecular formula is C24H35N5O3. The van der Waals surface area contributed by atoms with E-state index in [0.717, 1.165) is 67.7 Å². The molecule has 0 aliphatic carbocycles. The molecule has 174 valence electrons. The first-order chi connectivity index (χ1) is 15.7. The van der Waals surface area contributed by atoms with Gasteiger partial charge in [-0.1, -0.05) is 0 Å². The summed E-state index contributed by atoms with van der Waals surface area (Å²) >= 11 is 0. The molecule has 0 radical (unpaired) electrons. The molecule has 2 saturated heterocycles. The number of benzene rings is 1. The number of rotatable bonds is 10. The van der Waals surface area contributed by atoms with Crippen molar-refractivity contribution in [1.29, 1.82) is 0 Å². The normalized spacial score (nSPS) is 17.3. The van der Waals surface area contributed by atoms with Crippen LogP contribution in [0, 0.1) is 0 Å². The molecule has 4 rings (SSSR count). The van der Waals surface area contributed by atoms with Crippen molar-refractivity contribution in [3.8, 4) is 11.5 Å². The molecule has 32 heavy (non-hydrogen) atoms. The van der Waals surface area contributed by atoms with Crippen LogP contribution in [0.2, 0.25) is 0 Å². The number of anilines is 3. The zero-order chi connectivity index (χ0) is 22.2. The van der Waals surface area contributed by atoms with Crippen LogP contribution in [0.4, 0.5) is 17.5 Å². The Kier molecular flexibility index (Phi) is 8.01. The first-order valence-corrected chi connectivity index (χ1v) is 11.7. The van der Waals surface area contributed by atoms with Crippen LogP contribution in [0.1, 0.15) is 43.7 Å². The number of methoxy groups -OCH3 is 1. The van der Waals surface area contributed by atoms with Crippen LogP contribution in [0.25, 0.3) is 0 Å². The lowest BCUT2D eigenvalue weighted by atomic mass is 9.96. The molecule has 0 unspecified atom stereocenters. The van der Waals surface area contributed by atoms with E-state index in [1.165, 1.54) is 25.9 Å². The maximum Gasteiger partial charge on any atom is 0.229 e. The molecule has 0 bridgehead atoms. The monoisotopic (exact) mass is 441 g/mol. The molecule has 2 aromatic rings. The van der Waals surface area contributed by atoms with Crippen LogP contribution >= 0.6 is 0 Å². The third kappa shape index (κ3) is 6.01. The number of likely N-dealkylation sites (tertiary alicyclic amines) is 1. The topological polar surface area (TPSA) is 80.8 Å². The van der Waals surface area contributed by atoms with E-state index < -0.39 is 0 Å². The maximum atomic E-state index is 6.07. The summed E-state index contributed by atoms with van der Waals surface area (Å²) in [5, 5.41) is 6.50. The summed E-state index contributed by atoms with van der Waals surface area (Å²) in [5.74, 6) is 3.22. The van der Waals surface area contributed by atoms with E-state index in [0.29, 0.717) is 18.5 Å². The minimum atomic E-state index is 0.393. The first-order valence-electron chi connectivity index (χ1n) is 11.7. The van der Waals surface area contributed by atoms with Crippen molar-refractivity contribution in [3.63, 3.8) is 0 Å². The molecule has 0 atom stereocenters. The predicted octanol–water partition coefficient (Wildman–Crippen LogP) is 4.03. The van der Waals surface area contributed by atoms with Gasteiger partial charge in [-0.25, -0.2) is 4.98 Å². The van der Waals surface area contributed by atoms with E-state index in [2.05, 4.69) is 20.5 Å². The highest BCUT2D eigenvalue weighted by molar-refractivity contribution is 5.60. The van der Waals surface area contributed by atoms with Crippen molar-refractivity contribution in [2.24, 2.45) is 0 Å². The van der Waals surface area contributed by atoms with Crippen molar-refractivity contribution in [3.05, 3.63) is 30.0 Å². The van der Waals surface area contributed by atoms with Gasteiger partial charge in [0.05, 0.1) is 19.4 Å². The average Bonchev–Trinajstić information content (AvgIpc) is 3.36. The Hall–Kier alpha value is -2.58. The Balaban J connectivity index is 1.43. The fourth-order valence-electron chi connectivity index (χ4n) is 4.33. The van der Waals surface area contributed by atoms with Gasteiger partial charge in [-0.05, 0) is 57.3 Å². The van der Waals surface area contributed by atoms with Gasteiger partial charge in [-0.15, -0.1) is 0 Å². The lowest BCUT2D eigenvalue weighted by molar-refractivity contribution is 0.0845. The Morgan fingerprint density at radius 3 is 2.66 bits per heavy atom. The molecule has 2 fully saturated rings. The van der Waals surface area contributed by atoms with E-state index in [1.807, 2.05) is 31.3 Å². The molecular weight excluding hydrogens is 406 g/mol. The van der Waals surface area contributed by atoms with Crippen molar-refractivity contribution < 1.29 is 14.2 Å². The Labute approximate surface area is 190 Å². The van der Waals surface area contributed by atoms with Crippen molar-refractivity contribution in [1.82, 2.24) is 14.9 Å². The van der Waals surface area contributed by atoms with Crippen molar-refractivity contribution >= 4 is 17.5 Å². The largest absolute Gasteiger partial charge is 0.493 e. The molecule has 2 aliphatic rings. The zero-order valence-electron chi connectivity index (χ0n) is 19.2. The Morgan fingerprint density at radius 1 is 1.09 bits per heavy atom. The number of nitrogens with zero attached hydrogens (tertiary/aromatic N) is 3. The predicted molar refractivity (Wildman–Crippen MR) is 126 cm³/mol. The second kappa shape index (κ2) is 11.3. The Bertz CT molecular complexity index is 867. The molecule has 1 aromatic heterocycles.